The summed E-state index contributed by atoms with van der Waals surface area (Å²) < 4.78 is 43.9. The van der Waals surface area contributed by atoms with Crippen LogP contribution in [0.4, 0.5) is 18.0 Å². The van der Waals surface area contributed by atoms with Gasteiger partial charge in [0, 0.05) is 24.7 Å². The molecule has 7 nitrogen and oxygen atoms in total. The van der Waals surface area contributed by atoms with Crippen molar-refractivity contribution in [3.05, 3.63) is 17.0 Å². The van der Waals surface area contributed by atoms with Crippen molar-refractivity contribution < 1.29 is 32.4 Å². The van der Waals surface area contributed by atoms with Crippen LogP contribution in [0.2, 0.25) is 0 Å². The average Bonchev–Trinajstić information content (AvgIpc) is 3.06. The Labute approximate surface area is 142 Å². The molecule has 140 valence electrons. The van der Waals surface area contributed by atoms with Crippen LogP contribution < -0.4 is 5.32 Å². The molecule has 10 heteroatoms. The van der Waals surface area contributed by atoms with Crippen LogP contribution in [-0.4, -0.2) is 52.5 Å². The molecule has 1 fully saturated rings. The van der Waals surface area contributed by atoms with Gasteiger partial charge in [0.2, 0.25) is 0 Å². The molecule has 0 bridgehead atoms. The smallest absolute Gasteiger partial charge is 0.394 e. The first kappa shape index (κ1) is 19.1. The summed E-state index contributed by atoms with van der Waals surface area (Å²) >= 11 is 0. The number of aryl methyl sites for hydroxylation is 2. The molecule has 1 aromatic heterocycles. The zero-order valence-corrected chi connectivity index (χ0v) is 14.1. The van der Waals surface area contributed by atoms with E-state index in [1.165, 1.54) is 0 Å². The van der Waals surface area contributed by atoms with E-state index in [1.54, 1.807) is 20.8 Å². The first-order valence-electron chi connectivity index (χ1n) is 7.77. The Morgan fingerprint density at radius 1 is 1.40 bits per heavy atom. The molecule has 3 atom stereocenters. The van der Waals surface area contributed by atoms with Gasteiger partial charge in [0.05, 0.1) is 17.5 Å². The molecule has 1 aliphatic rings. The third kappa shape index (κ3) is 4.23. The van der Waals surface area contributed by atoms with Crippen molar-refractivity contribution in [2.45, 2.75) is 39.4 Å². The van der Waals surface area contributed by atoms with Crippen LogP contribution in [0.1, 0.15) is 23.9 Å². The minimum atomic E-state index is -4.67. The molecule has 0 saturated carbocycles. The second-order valence-corrected chi connectivity index (χ2v) is 6.36. The fourth-order valence-corrected chi connectivity index (χ4v) is 3.00. The zero-order valence-electron chi connectivity index (χ0n) is 14.1. The first-order valence-corrected chi connectivity index (χ1v) is 7.77. The van der Waals surface area contributed by atoms with Crippen LogP contribution in [0.25, 0.3) is 0 Å². The number of alkyl halides is 3. The molecule has 2 rings (SSSR count). The van der Waals surface area contributed by atoms with Gasteiger partial charge in [0.15, 0.2) is 0 Å². The molecule has 1 unspecified atom stereocenters. The van der Waals surface area contributed by atoms with Gasteiger partial charge in [0.25, 0.3) is 0 Å². The van der Waals surface area contributed by atoms with Gasteiger partial charge in [-0.2, -0.15) is 13.2 Å². The van der Waals surface area contributed by atoms with Gasteiger partial charge >= 0.3 is 18.2 Å². The summed E-state index contributed by atoms with van der Waals surface area (Å²) in [6.07, 6.45) is -4.26. The van der Waals surface area contributed by atoms with E-state index in [-0.39, 0.29) is 6.04 Å². The molecule has 0 aromatic carbocycles. The number of carbonyl (C=O) groups is 2. The van der Waals surface area contributed by atoms with Crippen LogP contribution in [-0.2, 0) is 11.2 Å². The van der Waals surface area contributed by atoms with Crippen LogP contribution in [0.5, 0.6) is 0 Å². The van der Waals surface area contributed by atoms with E-state index in [1.807, 2.05) is 0 Å². The Morgan fingerprint density at radius 3 is 2.48 bits per heavy atom. The van der Waals surface area contributed by atoms with Crippen LogP contribution in [0, 0.1) is 25.7 Å². The topological polar surface area (TPSA) is 95.7 Å². The van der Waals surface area contributed by atoms with E-state index in [0.29, 0.717) is 17.9 Å². The minimum Gasteiger partial charge on any atom is -0.481 e. The Balaban J connectivity index is 2.00. The summed E-state index contributed by atoms with van der Waals surface area (Å²) in [4.78, 5) is 24.2. The quantitative estimate of drug-likeness (QED) is 0.854. The summed E-state index contributed by atoms with van der Waals surface area (Å²) in [6.45, 7) is 4.06. The Morgan fingerprint density at radius 2 is 2.04 bits per heavy atom. The molecule has 2 heterocycles. The van der Waals surface area contributed by atoms with Gasteiger partial charge in [-0.25, -0.2) is 4.79 Å². The zero-order chi connectivity index (χ0) is 18.9. The number of aromatic nitrogens is 1. The standard InChI is InChI=1S/C15H20F3N3O4/c1-7(4-10-8(2)20-25-9(10)3)19-14(24)21-5-11(13(22)23)12(6-21)15(16,17)18/h7,11-12H,4-6H2,1-3H3,(H,19,24)(H,22,23)/t7?,11-,12-/m1/s1. The minimum absolute atomic E-state index is 0.377. The van der Waals surface area contributed by atoms with Gasteiger partial charge in [-0.1, -0.05) is 5.16 Å². The molecule has 1 saturated heterocycles. The van der Waals surface area contributed by atoms with E-state index >= 15 is 0 Å². The van der Waals surface area contributed by atoms with Crippen molar-refractivity contribution in [3.63, 3.8) is 0 Å². The molecule has 2 N–H and O–H groups in total. The van der Waals surface area contributed by atoms with Crippen molar-refractivity contribution in [3.8, 4) is 0 Å². The second-order valence-electron chi connectivity index (χ2n) is 6.36. The number of rotatable bonds is 4. The monoisotopic (exact) mass is 363 g/mol. The molecule has 0 radical (unpaired) electrons. The lowest BCUT2D eigenvalue weighted by Gasteiger charge is -2.21. The largest absolute Gasteiger partial charge is 0.481 e. The van der Waals surface area contributed by atoms with E-state index in [4.69, 9.17) is 9.63 Å². The maximum atomic E-state index is 13.0. The number of urea groups is 1. The Kier molecular flexibility index (Phi) is 5.28. The lowest BCUT2D eigenvalue weighted by atomic mass is 9.96. The van der Waals surface area contributed by atoms with Crippen molar-refractivity contribution in [1.29, 1.82) is 0 Å². The van der Waals surface area contributed by atoms with Crippen LogP contribution in [0.3, 0.4) is 0 Å². The SMILES string of the molecule is Cc1noc(C)c1CC(C)NC(=O)N1C[C@@H](C(F)(F)F)[C@H](C(=O)O)C1. The maximum Gasteiger partial charge on any atom is 0.394 e. The molecular weight excluding hydrogens is 343 g/mol. The van der Waals surface area contributed by atoms with Crippen LogP contribution in [0.15, 0.2) is 4.52 Å². The number of nitrogens with zero attached hydrogens (tertiary/aromatic N) is 2. The lowest BCUT2D eigenvalue weighted by Crippen LogP contribution is -2.44. The van der Waals surface area contributed by atoms with Crippen molar-refractivity contribution >= 4 is 12.0 Å². The summed E-state index contributed by atoms with van der Waals surface area (Å²) in [7, 11) is 0. The third-order valence-corrected chi connectivity index (χ3v) is 4.41. The first-order chi connectivity index (χ1) is 11.5. The molecule has 0 aliphatic carbocycles. The number of carboxylic acids is 1. The van der Waals surface area contributed by atoms with Crippen molar-refractivity contribution in [1.82, 2.24) is 15.4 Å². The van der Waals surface area contributed by atoms with Gasteiger partial charge in [0.1, 0.15) is 5.76 Å². The maximum absolute atomic E-state index is 13.0. The molecule has 2 amide bonds. The highest BCUT2D eigenvalue weighted by atomic mass is 19.4. The third-order valence-electron chi connectivity index (χ3n) is 4.41. The Bertz CT molecular complexity index is 639. The summed E-state index contributed by atoms with van der Waals surface area (Å²) in [5.41, 5.74) is 1.51. The number of carbonyl (C=O) groups excluding carboxylic acids is 1. The van der Waals surface area contributed by atoms with E-state index < -0.39 is 43.1 Å². The number of carboxylic acid groups (broad SMARTS) is 1. The van der Waals surface area contributed by atoms with Gasteiger partial charge in [-0.15, -0.1) is 0 Å². The Hall–Kier alpha value is -2.26. The highest BCUT2D eigenvalue weighted by molar-refractivity contribution is 5.78. The number of halogens is 3. The van der Waals surface area contributed by atoms with E-state index in [2.05, 4.69) is 10.5 Å². The summed E-state index contributed by atoms with van der Waals surface area (Å²) in [6, 6.07) is -1.09. The average molecular weight is 363 g/mol. The van der Waals surface area contributed by atoms with Crippen molar-refractivity contribution in [2.24, 2.45) is 11.8 Å². The van der Waals surface area contributed by atoms with Gasteiger partial charge < -0.3 is 19.8 Å². The number of hydrogen-bond acceptors (Lipinski definition) is 4. The fourth-order valence-electron chi connectivity index (χ4n) is 3.00. The van der Waals surface area contributed by atoms with Gasteiger partial charge in [-0.05, 0) is 27.2 Å². The number of nitrogens with one attached hydrogen (secondary N) is 1. The number of likely N-dealkylation sites (tertiary alicyclic amines) is 1. The highest BCUT2D eigenvalue weighted by Crippen LogP contribution is 2.37. The molecule has 0 spiro atoms. The predicted molar refractivity (Wildman–Crippen MR) is 79.9 cm³/mol. The molecule has 1 aromatic rings. The normalized spacial score (nSPS) is 22.1. The number of aliphatic carboxylic acids is 1. The van der Waals surface area contributed by atoms with Gasteiger partial charge in [-0.3, -0.25) is 4.79 Å². The fraction of sp³-hybridized carbons (Fsp3) is 0.667. The number of amides is 2. The second kappa shape index (κ2) is 6.93. The molecule has 25 heavy (non-hydrogen) atoms. The molecular formula is C15H20F3N3O4. The number of hydrogen-bond donors (Lipinski definition) is 2. The summed E-state index contributed by atoms with van der Waals surface area (Å²) in [5, 5.41) is 15.4. The highest BCUT2D eigenvalue weighted by Gasteiger charge is 2.53. The predicted octanol–water partition coefficient (Wildman–Crippen LogP) is 2.13. The van der Waals surface area contributed by atoms with Crippen LogP contribution >= 0.6 is 0 Å². The van der Waals surface area contributed by atoms with E-state index in [9.17, 15) is 22.8 Å². The summed E-state index contributed by atoms with van der Waals surface area (Å²) in [5.74, 6) is -4.65. The van der Waals surface area contributed by atoms with E-state index in [0.717, 1.165) is 10.5 Å². The van der Waals surface area contributed by atoms with Crippen molar-refractivity contribution in [2.75, 3.05) is 13.1 Å². The molecule has 1 aliphatic heterocycles. The lowest BCUT2D eigenvalue weighted by molar-refractivity contribution is -0.187.